The first-order valence-corrected chi connectivity index (χ1v) is 7.66. The minimum absolute atomic E-state index is 0.0240. The second-order valence-corrected chi connectivity index (χ2v) is 5.45. The number of benzene rings is 2. The Labute approximate surface area is 149 Å². The molecule has 0 fully saturated rings. The van der Waals surface area contributed by atoms with E-state index in [9.17, 15) is 15.0 Å². The van der Waals surface area contributed by atoms with E-state index in [0.717, 1.165) is 0 Å². The molecule has 7 nitrogen and oxygen atoms in total. The molecule has 0 spiro atoms. The largest absolute Gasteiger partial charge is 0.508 e. The third-order valence-electron chi connectivity index (χ3n) is 3.99. The van der Waals surface area contributed by atoms with Gasteiger partial charge in [0.1, 0.15) is 5.75 Å². The number of hydrogen-bond acceptors (Lipinski definition) is 6. The van der Waals surface area contributed by atoms with Gasteiger partial charge in [0.05, 0.1) is 43.5 Å². The van der Waals surface area contributed by atoms with Gasteiger partial charge in [-0.3, -0.25) is 0 Å². The Morgan fingerprint density at radius 3 is 2.15 bits per heavy atom. The molecule has 1 aromatic heterocycles. The summed E-state index contributed by atoms with van der Waals surface area (Å²) < 4.78 is 16.1. The quantitative estimate of drug-likeness (QED) is 0.724. The first-order chi connectivity index (χ1) is 12.5. The number of ether oxygens (including phenoxy) is 3. The fraction of sp³-hybridized carbons (Fsp3) is 0.158. The van der Waals surface area contributed by atoms with Crippen molar-refractivity contribution in [3.63, 3.8) is 0 Å². The van der Waals surface area contributed by atoms with Gasteiger partial charge < -0.3 is 24.4 Å². The summed E-state index contributed by atoms with van der Waals surface area (Å²) in [6.07, 6.45) is 0. The van der Waals surface area contributed by atoms with E-state index in [-0.39, 0.29) is 17.1 Å². The maximum atomic E-state index is 11.9. The van der Waals surface area contributed by atoms with E-state index in [0.29, 0.717) is 33.7 Å². The van der Waals surface area contributed by atoms with Crippen molar-refractivity contribution in [1.82, 2.24) is 4.98 Å². The van der Waals surface area contributed by atoms with E-state index < -0.39 is 5.97 Å². The Morgan fingerprint density at radius 2 is 1.62 bits per heavy atom. The summed E-state index contributed by atoms with van der Waals surface area (Å²) in [5.74, 6) is -0.0965. The van der Waals surface area contributed by atoms with E-state index >= 15 is 0 Å². The van der Waals surface area contributed by atoms with Gasteiger partial charge in [-0.05, 0) is 30.3 Å². The van der Waals surface area contributed by atoms with Gasteiger partial charge >= 0.3 is 5.97 Å². The van der Waals surface area contributed by atoms with E-state index in [1.54, 1.807) is 18.2 Å². The smallest absolute Gasteiger partial charge is 0.336 e. The highest BCUT2D eigenvalue weighted by atomic mass is 16.5. The molecule has 3 aromatic rings. The molecule has 2 aromatic carbocycles. The van der Waals surface area contributed by atoms with Gasteiger partial charge in [-0.2, -0.15) is 0 Å². The maximum Gasteiger partial charge on any atom is 0.336 e. The van der Waals surface area contributed by atoms with Crippen LogP contribution in [0, 0.1) is 0 Å². The van der Waals surface area contributed by atoms with Crippen molar-refractivity contribution in [1.29, 1.82) is 0 Å². The summed E-state index contributed by atoms with van der Waals surface area (Å²) in [4.78, 5) is 16.4. The van der Waals surface area contributed by atoms with Crippen LogP contribution < -0.4 is 14.2 Å². The number of carboxylic acids is 1. The van der Waals surface area contributed by atoms with Gasteiger partial charge in [0.2, 0.25) is 5.75 Å². The zero-order chi connectivity index (χ0) is 18.8. The predicted molar refractivity (Wildman–Crippen MR) is 95.5 cm³/mol. The number of rotatable bonds is 5. The number of phenols is 1. The molecular weight excluding hydrogens is 338 g/mol. The molecule has 2 N–H and O–H groups in total. The second kappa shape index (κ2) is 6.79. The third-order valence-corrected chi connectivity index (χ3v) is 3.99. The summed E-state index contributed by atoms with van der Waals surface area (Å²) in [6.45, 7) is 0. The monoisotopic (exact) mass is 355 g/mol. The number of aromatic hydroxyl groups is 1. The van der Waals surface area contributed by atoms with E-state index in [1.807, 2.05) is 0 Å². The summed E-state index contributed by atoms with van der Waals surface area (Å²) in [7, 11) is 4.35. The predicted octanol–water partition coefficient (Wildman–Crippen LogP) is 3.33. The Balaban J connectivity index is 2.39. The first-order valence-electron chi connectivity index (χ1n) is 7.66. The molecule has 0 saturated carbocycles. The van der Waals surface area contributed by atoms with Gasteiger partial charge in [0, 0.05) is 11.6 Å². The lowest BCUT2D eigenvalue weighted by Gasteiger charge is -2.16. The van der Waals surface area contributed by atoms with Gasteiger partial charge in [0.25, 0.3) is 0 Å². The van der Waals surface area contributed by atoms with Crippen molar-refractivity contribution >= 4 is 16.9 Å². The van der Waals surface area contributed by atoms with E-state index in [4.69, 9.17) is 14.2 Å². The minimum Gasteiger partial charge on any atom is -0.508 e. The molecule has 134 valence electrons. The number of carbonyl (C=O) groups is 1. The number of phenolic OH excluding ortho intramolecular Hbond substituents is 1. The highest BCUT2D eigenvalue weighted by Gasteiger charge is 2.23. The molecule has 1 heterocycles. The number of methoxy groups -OCH3 is 3. The Hall–Kier alpha value is -3.48. The van der Waals surface area contributed by atoms with Crippen LogP contribution in [0.5, 0.6) is 23.0 Å². The third kappa shape index (κ3) is 2.83. The summed E-state index contributed by atoms with van der Waals surface area (Å²) in [5.41, 5.74) is 1.53. The first kappa shape index (κ1) is 17.3. The summed E-state index contributed by atoms with van der Waals surface area (Å²) in [5, 5.41) is 19.5. The highest BCUT2D eigenvalue weighted by Crippen LogP contribution is 2.44. The lowest BCUT2D eigenvalue weighted by molar-refractivity contribution is 0.0698. The van der Waals surface area contributed by atoms with E-state index in [2.05, 4.69) is 4.98 Å². The van der Waals surface area contributed by atoms with Crippen LogP contribution >= 0.6 is 0 Å². The van der Waals surface area contributed by atoms with Crippen molar-refractivity contribution in [2.45, 2.75) is 0 Å². The molecule has 0 atom stereocenters. The average molecular weight is 355 g/mol. The molecule has 7 heteroatoms. The topological polar surface area (TPSA) is 98.1 Å². The zero-order valence-electron chi connectivity index (χ0n) is 14.4. The Morgan fingerprint density at radius 1 is 0.962 bits per heavy atom. The SMILES string of the molecule is COc1cc2nc(-c3ccc(O)cc3)cc(C(=O)O)c2c(OC)c1OC. The van der Waals surface area contributed by atoms with Crippen LogP contribution in [0.1, 0.15) is 10.4 Å². The normalized spacial score (nSPS) is 10.6. The van der Waals surface area contributed by atoms with Crippen LogP contribution in [-0.2, 0) is 0 Å². The average Bonchev–Trinajstić information content (AvgIpc) is 2.65. The number of aromatic nitrogens is 1. The van der Waals surface area contributed by atoms with Crippen LogP contribution in [0.15, 0.2) is 36.4 Å². The van der Waals surface area contributed by atoms with Crippen LogP contribution in [-0.4, -0.2) is 42.5 Å². The molecule has 0 aliphatic carbocycles. The second-order valence-electron chi connectivity index (χ2n) is 5.45. The maximum absolute atomic E-state index is 11.9. The lowest BCUT2D eigenvalue weighted by Crippen LogP contribution is -2.04. The standard InChI is InChI=1S/C19H17NO6/c1-24-15-9-14-16(18(26-3)17(15)25-2)12(19(22)23)8-13(20-14)10-4-6-11(21)7-5-10/h4-9,21H,1-3H3,(H,22,23). The summed E-state index contributed by atoms with van der Waals surface area (Å²) in [6, 6.07) is 9.41. The number of pyridine rings is 1. The summed E-state index contributed by atoms with van der Waals surface area (Å²) >= 11 is 0. The lowest BCUT2D eigenvalue weighted by atomic mass is 10.0. The van der Waals surface area contributed by atoms with Crippen LogP contribution in [0.3, 0.4) is 0 Å². The molecule has 26 heavy (non-hydrogen) atoms. The molecule has 3 rings (SSSR count). The van der Waals surface area contributed by atoms with Crippen molar-refractivity contribution in [2.24, 2.45) is 0 Å². The molecule has 0 bridgehead atoms. The van der Waals surface area contributed by atoms with E-state index in [1.165, 1.54) is 39.5 Å². The van der Waals surface area contributed by atoms with Crippen molar-refractivity contribution in [3.05, 3.63) is 42.0 Å². The molecule has 0 saturated heterocycles. The van der Waals surface area contributed by atoms with Crippen molar-refractivity contribution in [2.75, 3.05) is 21.3 Å². The molecule has 0 unspecified atom stereocenters. The van der Waals surface area contributed by atoms with Crippen LogP contribution in [0.4, 0.5) is 0 Å². The van der Waals surface area contributed by atoms with Gasteiger partial charge in [0.15, 0.2) is 11.5 Å². The van der Waals surface area contributed by atoms with Crippen molar-refractivity contribution < 1.29 is 29.2 Å². The molecule has 0 aliphatic rings. The highest BCUT2D eigenvalue weighted by molar-refractivity contribution is 6.08. The van der Waals surface area contributed by atoms with Gasteiger partial charge in [-0.25, -0.2) is 9.78 Å². The molecule has 0 radical (unpaired) electrons. The number of aromatic carboxylic acids is 1. The Bertz CT molecular complexity index is 982. The number of hydrogen-bond donors (Lipinski definition) is 2. The van der Waals surface area contributed by atoms with Crippen LogP contribution in [0.2, 0.25) is 0 Å². The van der Waals surface area contributed by atoms with Crippen molar-refractivity contribution in [3.8, 4) is 34.3 Å². The Kier molecular flexibility index (Phi) is 4.53. The molecular formula is C19H17NO6. The number of fused-ring (bicyclic) bond motifs is 1. The fourth-order valence-electron chi connectivity index (χ4n) is 2.81. The minimum atomic E-state index is -1.12. The van der Waals surface area contributed by atoms with Gasteiger partial charge in [-0.1, -0.05) is 0 Å². The molecule has 0 amide bonds. The number of nitrogens with zero attached hydrogens (tertiary/aromatic N) is 1. The number of carboxylic acid groups (broad SMARTS) is 1. The molecule has 0 aliphatic heterocycles. The fourth-order valence-corrected chi connectivity index (χ4v) is 2.81. The van der Waals surface area contributed by atoms with Gasteiger partial charge in [-0.15, -0.1) is 0 Å². The zero-order valence-corrected chi connectivity index (χ0v) is 14.4. The van der Waals surface area contributed by atoms with Crippen LogP contribution in [0.25, 0.3) is 22.2 Å².